The summed E-state index contributed by atoms with van der Waals surface area (Å²) in [5.41, 5.74) is 0.307. The lowest BCUT2D eigenvalue weighted by atomic mass is 9.94. The number of rotatable bonds is 8. The van der Waals surface area contributed by atoms with Crippen LogP contribution in [0.3, 0.4) is 0 Å². The van der Waals surface area contributed by atoms with E-state index < -0.39 is 36.5 Å². The third kappa shape index (κ3) is 7.05. The number of hydrogen-bond donors (Lipinski definition) is 0. The monoisotopic (exact) mass is 532 g/mol. The van der Waals surface area contributed by atoms with Crippen molar-refractivity contribution in [2.45, 2.75) is 37.9 Å². The summed E-state index contributed by atoms with van der Waals surface area (Å²) >= 11 is 0. The topological polar surface area (TPSA) is 142 Å². The molecule has 1 saturated carbocycles. The normalized spacial score (nSPS) is 16.4. The average Bonchev–Trinajstić information content (AvgIpc) is 2.94. The van der Waals surface area contributed by atoms with Crippen molar-refractivity contribution in [3.8, 4) is 23.0 Å². The molecule has 0 bridgehead atoms. The van der Waals surface area contributed by atoms with Gasteiger partial charge in [0.05, 0.1) is 39.6 Å². The minimum absolute atomic E-state index is 0.0683. The van der Waals surface area contributed by atoms with Gasteiger partial charge in [0.15, 0.2) is 23.0 Å². The van der Waals surface area contributed by atoms with Gasteiger partial charge in [-0.3, -0.25) is 0 Å². The number of hydrogen-bond acceptors (Lipinski definition) is 12. The second-order valence-corrected chi connectivity index (χ2v) is 8.02. The predicted octanol–water partition coefficient (Wildman–Crippen LogP) is 4.32. The number of methoxy groups -OCH3 is 4. The van der Waals surface area contributed by atoms with E-state index in [9.17, 15) is 19.2 Å². The minimum Gasteiger partial charge on any atom is -0.493 e. The summed E-state index contributed by atoms with van der Waals surface area (Å²) in [4.78, 5) is 48.6. The highest BCUT2D eigenvalue weighted by Crippen LogP contribution is 2.32. The molecular weight excluding hydrogens is 504 g/mol. The van der Waals surface area contributed by atoms with Crippen LogP contribution < -0.4 is 18.9 Å². The molecule has 0 saturated heterocycles. The summed E-state index contributed by atoms with van der Waals surface area (Å²) in [5.74, 6) is -0.925. The third-order valence-electron chi connectivity index (χ3n) is 5.68. The van der Waals surface area contributed by atoms with Crippen LogP contribution in [0, 0.1) is 0 Å². The van der Waals surface area contributed by atoms with E-state index in [0.717, 1.165) is 12.8 Å². The zero-order valence-corrected chi connectivity index (χ0v) is 21.3. The molecule has 0 aliphatic heterocycles. The SMILES string of the molecule is COC(=O)Oc1ccc(C(=O)O[C@@H]2CCCC[C@H]2OC(=O)c2ccc(OC(=O)OC)c(OC)c2)cc1OC. The molecule has 0 aromatic heterocycles. The number of carbonyl (C=O) groups is 4. The standard InChI is InChI=1S/C26H28O12/c1-31-21-13-15(9-11-19(21)37-25(29)33-3)23(27)35-17-7-5-6-8-18(17)36-24(28)16-10-12-20(22(14-16)32-2)38-26(30)34-4/h9-14,17-18H,5-8H2,1-4H3/t17-,18-/m1/s1. The first-order chi connectivity index (χ1) is 18.3. The molecule has 3 rings (SSSR count). The lowest BCUT2D eigenvalue weighted by Crippen LogP contribution is -2.37. The first-order valence-corrected chi connectivity index (χ1v) is 11.6. The highest BCUT2D eigenvalue weighted by molar-refractivity contribution is 5.91. The highest BCUT2D eigenvalue weighted by atomic mass is 16.7. The zero-order valence-electron chi connectivity index (χ0n) is 21.3. The van der Waals surface area contributed by atoms with Crippen molar-refractivity contribution in [2.75, 3.05) is 28.4 Å². The lowest BCUT2D eigenvalue weighted by molar-refractivity contribution is -0.0514. The molecule has 0 heterocycles. The van der Waals surface area contributed by atoms with Crippen molar-refractivity contribution in [1.29, 1.82) is 0 Å². The molecule has 0 radical (unpaired) electrons. The fraction of sp³-hybridized carbons (Fsp3) is 0.385. The van der Waals surface area contributed by atoms with Gasteiger partial charge in [-0.15, -0.1) is 0 Å². The van der Waals surface area contributed by atoms with E-state index >= 15 is 0 Å². The summed E-state index contributed by atoms with van der Waals surface area (Å²) in [5, 5.41) is 0. The molecule has 12 heteroatoms. The summed E-state index contributed by atoms with van der Waals surface area (Å²) in [6.07, 6.45) is -0.660. The van der Waals surface area contributed by atoms with Gasteiger partial charge in [0.1, 0.15) is 12.2 Å². The van der Waals surface area contributed by atoms with Crippen molar-refractivity contribution in [1.82, 2.24) is 0 Å². The average molecular weight is 532 g/mol. The Kier molecular flexibility index (Phi) is 9.74. The molecule has 12 nitrogen and oxygen atoms in total. The Labute approximate surface area is 218 Å². The summed E-state index contributed by atoms with van der Waals surface area (Å²) < 4.78 is 40.7. The quantitative estimate of drug-likeness (QED) is 0.271. The number of ether oxygens (including phenoxy) is 8. The van der Waals surface area contributed by atoms with E-state index in [0.29, 0.717) is 12.8 Å². The van der Waals surface area contributed by atoms with Gasteiger partial charge in [0, 0.05) is 0 Å². The molecule has 0 N–H and O–H groups in total. The van der Waals surface area contributed by atoms with E-state index in [-0.39, 0.29) is 34.1 Å². The van der Waals surface area contributed by atoms with Crippen molar-refractivity contribution in [2.24, 2.45) is 0 Å². The maximum Gasteiger partial charge on any atom is 0.513 e. The highest BCUT2D eigenvalue weighted by Gasteiger charge is 2.32. The Morgan fingerprint density at radius 2 is 1.00 bits per heavy atom. The Balaban J connectivity index is 1.70. The van der Waals surface area contributed by atoms with E-state index in [2.05, 4.69) is 9.47 Å². The lowest BCUT2D eigenvalue weighted by Gasteiger charge is -2.30. The molecule has 1 aliphatic rings. The Bertz CT molecular complexity index is 1080. The predicted molar refractivity (Wildman–Crippen MR) is 129 cm³/mol. The van der Waals surface area contributed by atoms with Gasteiger partial charge in [-0.05, 0) is 62.1 Å². The Morgan fingerprint density at radius 1 is 0.605 bits per heavy atom. The van der Waals surface area contributed by atoms with E-state index in [1.807, 2.05) is 0 Å². The number of esters is 2. The molecular formula is C26H28O12. The molecule has 2 aromatic carbocycles. The van der Waals surface area contributed by atoms with Gasteiger partial charge < -0.3 is 37.9 Å². The van der Waals surface area contributed by atoms with Gasteiger partial charge in [-0.25, -0.2) is 19.2 Å². The van der Waals surface area contributed by atoms with Crippen LogP contribution in [0.15, 0.2) is 36.4 Å². The molecule has 38 heavy (non-hydrogen) atoms. The molecule has 1 fully saturated rings. The van der Waals surface area contributed by atoms with Gasteiger partial charge in [0.25, 0.3) is 0 Å². The summed E-state index contributed by atoms with van der Waals surface area (Å²) in [6.45, 7) is 0. The van der Waals surface area contributed by atoms with Crippen LogP contribution in [-0.4, -0.2) is 64.9 Å². The van der Waals surface area contributed by atoms with Crippen molar-refractivity contribution < 1.29 is 57.1 Å². The maximum absolute atomic E-state index is 12.9. The summed E-state index contributed by atoms with van der Waals surface area (Å²) in [6, 6.07) is 8.33. The minimum atomic E-state index is -0.936. The molecule has 204 valence electrons. The second-order valence-electron chi connectivity index (χ2n) is 8.02. The maximum atomic E-state index is 12.9. The van der Waals surface area contributed by atoms with Gasteiger partial charge in [-0.2, -0.15) is 0 Å². The molecule has 0 unspecified atom stereocenters. The number of benzene rings is 2. The molecule has 1 aliphatic carbocycles. The van der Waals surface area contributed by atoms with Gasteiger partial charge in [0.2, 0.25) is 0 Å². The van der Waals surface area contributed by atoms with Crippen molar-refractivity contribution >= 4 is 24.2 Å². The fourth-order valence-electron chi connectivity index (χ4n) is 3.76. The van der Waals surface area contributed by atoms with E-state index in [1.54, 1.807) is 0 Å². The first-order valence-electron chi connectivity index (χ1n) is 11.6. The number of carbonyl (C=O) groups excluding carboxylic acids is 4. The van der Waals surface area contributed by atoms with Crippen molar-refractivity contribution in [3.63, 3.8) is 0 Å². The van der Waals surface area contributed by atoms with E-state index in [4.69, 9.17) is 28.4 Å². The molecule has 0 spiro atoms. The third-order valence-corrected chi connectivity index (χ3v) is 5.68. The molecule has 2 aromatic rings. The van der Waals surface area contributed by atoms with Crippen LogP contribution in [0.4, 0.5) is 9.59 Å². The van der Waals surface area contributed by atoms with Gasteiger partial charge >= 0.3 is 24.2 Å². The fourth-order valence-corrected chi connectivity index (χ4v) is 3.76. The molecule has 2 atom stereocenters. The van der Waals surface area contributed by atoms with Gasteiger partial charge in [-0.1, -0.05) is 0 Å². The zero-order chi connectivity index (χ0) is 27.7. The van der Waals surface area contributed by atoms with Crippen LogP contribution >= 0.6 is 0 Å². The largest absolute Gasteiger partial charge is 0.513 e. The van der Waals surface area contributed by atoms with E-state index in [1.165, 1.54) is 64.8 Å². The van der Waals surface area contributed by atoms with Crippen LogP contribution in [0.5, 0.6) is 23.0 Å². The Hall–Kier alpha value is -4.48. The van der Waals surface area contributed by atoms with Crippen LogP contribution in [0.2, 0.25) is 0 Å². The Morgan fingerprint density at radius 3 is 1.34 bits per heavy atom. The second kappa shape index (κ2) is 13.2. The smallest absolute Gasteiger partial charge is 0.493 e. The van der Waals surface area contributed by atoms with Crippen LogP contribution in [0.25, 0.3) is 0 Å². The van der Waals surface area contributed by atoms with Crippen LogP contribution in [-0.2, 0) is 18.9 Å². The molecule has 0 amide bonds. The summed E-state index contributed by atoms with van der Waals surface area (Å²) in [7, 11) is 5.04. The van der Waals surface area contributed by atoms with Crippen molar-refractivity contribution in [3.05, 3.63) is 47.5 Å². The van der Waals surface area contributed by atoms with Crippen LogP contribution in [0.1, 0.15) is 46.4 Å². The first kappa shape index (κ1) is 28.1.